The van der Waals surface area contributed by atoms with Gasteiger partial charge in [-0.05, 0) is 18.6 Å². The Balaban J connectivity index is 2.02. The highest BCUT2D eigenvalue weighted by atomic mass is 35.5. The average Bonchev–Trinajstić information content (AvgIpc) is 2.76. The van der Waals surface area contributed by atoms with Crippen molar-refractivity contribution in [3.8, 4) is 0 Å². The SMILES string of the molecule is C[C@@H](NC(=O)[C@H](C(=O)c1cccc([N+](=O)[O-])c1)n1cc(Cl)ccc1=O)c1ccccc1. The van der Waals surface area contributed by atoms with E-state index in [1.807, 2.05) is 30.3 Å². The first-order chi connectivity index (χ1) is 14.8. The molecular weight excluding hydrogens is 422 g/mol. The Morgan fingerprint density at radius 2 is 1.77 bits per heavy atom. The molecular formula is C22H18ClN3O5. The number of Topliss-reactive ketones (excluding diaryl/α,β-unsaturated/α-hetero) is 1. The second-order valence-electron chi connectivity index (χ2n) is 6.81. The number of nitrogens with zero attached hydrogens (tertiary/aromatic N) is 2. The molecule has 8 nitrogen and oxygen atoms in total. The standard InChI is InChI=1S/C22H18ClN3O5/c1-14(15-6-3-2-4-7-15)24-22(29)20(25-13-17(23)10-11-19(25)27)21(28)16-8-5-9-18(12-16)26(30)31/h2-14,20H,1H3,(H,24,29)/t14-,20+/m1/s1. The molecule has 0 aliphatic rings. The number of ketones is 1. The highest BCUT2D eigenvalue weighted by Crippen LogP contribution is 2.21. The number of benzene rings is 2. The van der Waals surface area contributed by atoms with Crippen molar-refractivity contribution < 1.29 is 14.5 Å². The topological polar surface area (TPSA) is 111 Å². The molecule has 1 N–H and O–H groups in total. The summed E-state index contributed by atoms with van der Waals surface area (Å²) in [4.78, 5) is 49.3. The number of halogens is 1. The Morgan fingerprint density at radius 1 is 1.06 bits per heavy atom. The van der Waals surface area contributed by atoms with Crippen LogP contribution >= 0.6 is 11.6 Å². The Kier molecular flexibility index (Phi) is 6.61. The van der Waals surface area contributed by atoms with Gasteiger partial charge in [-0.2, -0.15) is 0 Å². The van der Waals surface area contributed by atoms with Gasteiger partial charge in [0.15, 0.2) is 11.8 Å². The van der Waals surface area contributed by atoms with Gasteiger partial charge in [0, 0.05) is 30.0 Å². The number of carbonyl (C=O) groups is 2. The number of hydrogen-bond donors (Lipinski definition) is 1. The summed E-state index contributed by atoms with van der Waals surface area (Å²) < 4.78 is 0.927. The Labute approximate surface area is 182 Å². The van der Waals surface area contributed by atoms with Crippen molar-refractivity contribution in [3.63, 3.8) is 0 Å². The maximum atomic E-state index is 13.3. The second-order valence-corrected chi connectivity index (χ2v) is 7.24. The van der Waals surface area contributed by atoms with Gasteiger partial charge in [-0.1, -0.05) is 54.1 Å². The van der Waals surface area contributed by atoms with Crippen LogP contribution in [0.1, 0.15) is 34.9 Å². The predicted molar refractivity (Wildman–Crippen MR) is 115 cm³/mol. The van der Waals surface area contributed by atoms with E-state index in [9.17, 15) is 24.5 Å². The van der Waals surface area contributed by atoms with E-state index < -0.39 is 34.3 Å². The van der Waals surface area contributed by atoms with E-state index in [0.29, 0.717) is 0 Å². The molecule has 158 valence electrons. The molecule has 0 saturated heterocycles. The predicted octanol–water partition coefficient (Wildman–Crippen LogP) is 3.71. The molecule has 2 atom stereocenters. The Hall–Kier alpha value is -3.78. The Bertz CT molecular complexity index is 1190. The molecule has 9 heteroatoms. The van der Waals surface area contributed by atoms with Crippen LogP contribution in [0.4, 0.5) is 5.69 Å². The van der Waals surface area contributed by atoms with Gasteiger partial charge in [-0.3, -0.25) is 29.1 Å². The van der Waals surface area contributed by atoms with E-state index in [0.717, 1.165) is 22.3 Å². The summed E-state index contributed by atoms with van der Waals surface area (Å²) in [5.74, 6) is -1.51. The minimum absolute atomic E-state index is 0.0754. The van der Waals surface area contributed by atoms with Crippen LogP contribution in [0.3, 0.4) is 0 Å². The van der Waals surface area contributed by atoms with E-state index in [-0.39, 0.29) is 16.3 Å². The molecule has 0 spiro atoms. The van der Waals surface area contributed by atoms with Crippen LogP contribution in [0, 0.1) is 10.1 Å². The lowest BCUT2D eigenvalue weighted by Gasteiger charge is -2.22. The smallest absolute Gasteiger partial charge is 0.270 e. The molecule has 1 amide bonds. The normalized spacial score (nSPS) is 12.6. The molecule has 0 bridgehead atoms. The molecule has 0 aliphatic carbocycles. The molecule has 1 aromatic heterocycles. The number of carbonyl (C=O) groups excluding carboxylic acids is 2. The van der Waals surface area contributed by atoms with E-state index in [1.165, 1.54) is 30.5 Å². The summed E-state index contributed by atoms with van der Waals surface area (Å²) in [6, 6.07) is 14.5. The molecule has 2 aromatic carbocycles. The number of hydrogen-bond acceptors (Lipinski definition) is 5. The maximum absolute atomic E-state index is 13.3. The highest BCUT2D eigenvalue weighted by molar-refractivity contribution is 6.30. The molecule has 0 radical (unpaired) electrons. The van der Waals surface area contributed by atoms with Gasteiger partial charge in [-0.15, -0.1) is 0 Å². The fraction of sp³-hybridized carbons (Fsp3) is 0.136. The lowest BCUT2D eigenvalue weighted by atomic mass is 10.0. The first-order valence-corrected chi connectivity index (χ1v) is 9.67. The van der Waals surface area contributed by atoms with Crippen molar-refractivity contribution >= 4 is 29.0 Å². The molecule has 3 aromatic rings. The highest BCUT2D eigenvalue weighted by Gasteiger charge is 2.32. The van der Waals surface area contributed by atoms with Crippen molar-refractivity contribution in [1.82, 2.24) is 9.88 Å². The fourth-order valence-electron chi connectivity index (χ4n) is 3.10. The van der Waals surface area contributed by atoms with Gasteiger partial charge in [-0.25, -0.2) is 0 Å². The second kappa shape index (κ2) is 9.36. The zero-order chi connectivity index (χ0) is 22.5. The number of nitro benzene ring substituents is 1. The summed E-state index contributed by atoms with van der Waals surface area (Å²) >= 11 is 5.99. The number of nitro groups is 1. The molecule has 1 heterocycles. The first-order valence-electron chi connectivity index (χ1n) is 9.29. The van der Waals surface area contributed by atoms with Crippen molar-refractivity contribution in [2.24, 2.45) is 0 Å². The third kappa shape index (κ3) is 5.04. The van der Waals surface area contributed by atoms with Crippen molar-refractivity contribution in [1.29, 1.82) is 0 Å². The van der Waals surface area contributed by atoms with Gasteiger partial charge < -0.3 is 5.32 Å². The lowest BCUT2D eigenvalue weighted by Crippen LogP contribution is -2.42. The van der Waals surface area contributed by atoms with Crippen LogP contribution in [0.5, 0.6) is 0 Å². The third-order valence-corrected chi connectivity index (χ3v) is 4.90. The molecule has 0 aliphatic heterocycles. The van der Waals surface area contributed by atoms with Crippen LogP contribution < -0.4 is 10.9 Å². The van der Waals surface area contributed by atoms with Gasteiger partial charge >= 0.3 is 0 Å². The summed E-state index contributed by atoms with van der Waals surface area (Å²) in [6.07, 6.45) is 1.19. The van der Waals surface area contributed by atoms with Crippen molar-refractivity contribution in [2.45, 2.75) is 19.0 Å². The quantitative estimate of drug-likeness (QED) is 0.261. The van der Waals surface area contributed by atoms with Crippen LogP contribution in [0.2, 0.25) is 5.02 Å². The van der Waals surface area contributed by atoms with Crippen LogP contribution in [-0.2, 0) is 4.79 Å². The van der Waals surface area contributed by atoms with Gasteiger partial charge in [0.25, 0.3) is 17.2 Å². The summed E-state index contributed by atoms with van der Waals surface area (Å²) in [5.41, 5.74) is -0.193. The van der Waals surface area contributed by atoms with E-state index >= 15 is 0 Å². The third-order valence-electron chi connectivity index (χ3n) is 4.68. The minimum Gasteiger partial charge on any atom is -0.347 e. The van der Waals surface area contributed by atoms with Crippen LogP contribution in [-0.4, -0.2) is 21.2 Å². The number of nitrogens with one attached hydrogen (secondary N) is 1. The van der Waals surface area contributed by atoms with Crippen molar-refractivity contribution in [2.75, 3.05) is 0 Å². The molecule has 3 rings (SSSR count). The average molecular weight is 440 g/mol. The monoisotopic (exact) mass is 439 g/mol. The largest absolute Gasteiger partial charge is 0.347 e. The molecule has 0 unspecified atom stereocenters. The van der Waals surface area contributed by atoms with E-state index in [2.05, 4.69) is 5.32 Å². The molecule has 31 heavy (non-hydrogen) atoms. The number of non-ortho nitro benzene ring substituents is 1. The molecule has 0 saturated carbocycles. The van der Waals surface area contributed by atoms with Gasteiger partial charge in [0.2, 0.25) is 0 Å². The van der Waals surface area contributed by atoms with E-state index in [4.69, 9.17) is 11.6 Å². The van der Waals surface area contributed by atoms with Crippen LogP contribution in [0.15, 0.2) is 77.7 Å². The summed E-state index contributed by atoms with van der Waals surface area (Å²) in [7, 11) is 0. The summed E-state index contributed by atoms with van der Waals surface area (Å²) in [5, 5.41) is 14.0. The number of rotatable bonds is 7. The first kappa shape index (κ1) is 21.9. The van der Waals surface area contributed by atoms with Gasteiger partial charge in [0.1, 0.15) is 0 Å². The number of pyridine rings is 1. The minimum atomic E-state index is -1.60. The van der Waals surface area contributed by atoms with Gasteiger partial charge in [0.05, 0.1) is 16.0 Å². The van der Waals surface area contributed by atoms with Crippen molar-refractivity contribution in [3.05, 3.63) is 110 Å². The van der Waals surface area contributed by atoms with E-state index in [1.54, 1.807) is 6.92 Å². The van der Waals surface area contributed by atoms with Crippen LogP contribution in [0.25, 0.3) is 0 Å². The maximum Gasteiger partial charge on any atom is 0.270 e. The number of aromatic nitrogens is 1. The zero-order valence-corrected chi connectivity index (χ0v) is 17.2. The zero-order valence-electron chi connectivity index (χ0n) is 16.4. The molecule has 0 fully saturated rings. The Morgan fingerprint density at radius 3 is 2.45 bits per heavy atom. The lowest BCUT2D eigenvalue weighted by molar-refractivity contribution is -0.384. The summed E-state index contributed by atoms with van der Waals surface area (Å²) in [6.45, 7) is 1.74. The number of amides is 1. The fourth-order valence-corrected chi connectivity index (χ4v) is 3.27.